The molecule has 0 heterocycles. The first-order chi connectivity index (χ1) is 9.52. The Balaban J connectivity index is 2.59. The zero-order chi connectivity index (χ0) is 14.7. The summed E-state index contributed by atoms with van der Waals surface area (Å²) in [5, 5.41) is 18.7. The number of nitrogen functional groups attached to an aromatic ring is 3. The molecule has 5 nitrogen and oxygen atoms in total. The van der Waals surface area contributed by atoms with Crippen molar-refractivity contribution < 1.29 is 10.2 Å². The number of hydrogen-bond acceptors (Lipinski definition) is 5. The van der Waals surface area contributed by atoms with E-state index >= 15 is 0 Å². The lowest BCUT2D eigenvalue weighted by atomic mass is 9.93. The summed E-state index contributed by atoms with van der Waals surface area (Å²) in [6.45, 7) is -0.326. The monoisotopic (exact) mass is 273 g/mol. The molecule has 20 heavy (non-hydrogen) atoms. The van der Waals surface area contributed by atoms with Crippen LogP contribution < -0.4 is 17.2 Å². The Bertz CT molecular complexity index is 614. The molecule has 0 fully saturated rings. The maximum Gasteiger partial charge on any atom is 0.0812 e. The largest absolute Gasteiger partial charge is 0.399 e. The molecule has 106 valence electrons. The number of aliphatic hydroxyl groups is 2. The molecule has 8 N–H and O–H groups in total. The minimum Gasteiger partial charge on any atom is -0.399 e. The van der Waals surface area contributed by atoms with E-state index in [-0.39, 0.29) is 13.0 Å². The SMILES string of the molecule is Nc1cc(N)c(CC(O)CO)c(-c2ccccc2N)c1. The second kappa shape index (κ2) is 5.81. The van der Waals surface area contributed by atoms with Crippen LogP contribution in [0.25, 0.3) is 11.1 Å². The first-order valence-corrected chi connectivity index (χ1v) is 6.34. The fraction of sp³-hybridized carbons (Fsp3) is 0.200. The van der Waals surface area contributed by atoms with Gasteiger partial charge in [-0.3, -0.25) is 0 Å². The molecule has 1 unspecified atom stereocenters. The van der Waals surface area contributed by atoms with Gasteiger partial charge in [-0.05, 0) is 29.3 Å². The van der Waals surface area contributed by atoms with E-state index in [1.165, 1.54) is 0 Å². The highest BCUT2D eigenvalue weighted by molar-refractivity contribution is 5.84. The first-order valence-electron chi connectivity index (χ1n) is 6.34. The Labute approximate surface area is 117 Å². The Morgan fingerprint density at radius 2 is 1.65 bits per heavy atom. The van der Waals surface area contributed by atoms with E-state index in [4.69, 9.17) is 22.3 Å². The fourth-order valence-corrected chi connectivity index (χ4v) is 2.23. The molecule has 0 bridgehead atoms. The number of benzene rings is 2. The van der Waals surface area contributed by atoms with Gasteiger partial charge in [0.25, 0.3) is 0 Å². The molecule has 0 spiro atoms. The molecular weight excluding hydrogens is 254 g/mol. The average molecular weight is 273 g/mol. The van der Waals surface area contributed by atoms with Crippen molar-refractivity contribution in [2.75, 3.05) is 23.8 Å². The van der Waals surface area contributed by atoms with Gasteiger partial charge in [0.05, 0.1) is 12.7 Å². The third kappa shape index (κ3) is 2.84. The summed E-state index contributed by atoms with van der Waals surface area (Å²) in [7, 11) is 0. The molecule has 5 heteroatoms. The Hall–Kier alpha value is -2.24. The third-order valence-corrected chi connectivity index (χ3v) is 3.21. The third-order valence-electron chi connectivity index (χ3n) is 3.21. The van der Waals surface area contributed by atoms with Gasteiger partial charge < -0.3 is 27.4 Å². The standard InChI is InChI=1S/C15H19N3O2/c16-9-5-12(11-3-1-2-4-14(11)17)13(15(18)6-9)7-10(20)8-19/h1-6,10,19-20H,7-8,16-18H2. The molecule has 2 rings (SSSR count). The van der Waals surface area contributed by atoms with E-state index in [0.29, 0.717) is 17.1 Å². The van der Waals surface area contributed by atoms with Crippen molar-refractivity contribution in [2.24, 2.45) is 0 Å². The molecule has 0 saturated heterocycles. The lowest BCUT2D eigenvalue weighted by Gasteiger charge is -2.17. The normalized spacial score (nSPS) is 12.3. The van der Waals surface area contributed by atoms with Crippen LogP contribution in [0, 0.1) is 0 Å². The van der Waals surface area contributed by atoms with Crippen molar-refractivity contribution in [1.29, 1.82) is 0 Å². The molecule has 0 aliphatic heterocycles. The van der Waals surface area contributed by atoms with Gasteiger partial charge >= 0.3 is 0 Å². The highest BCUT2D eigenvalue weighted by Crippen LogP contribution is 2.34. The highest BCUT2D eigenvalue weighted by atomic mass is 16.3. The minimum absolute atomic E-state index is 0.242. The molecule has 0 amide bonds. The van der Waals surface area contributed by atoms with Gasteiger partial charge in [0.2, 0.25) is 0 Å². The Kier molecular flexibility index (Phi) is 4.12. The minimum atomic E-state index is -0.871. The zero-order valence-electron chi connectivity index (χ0n) is 11.1. The molecule has 1 atom stereocenters. The van der Waals surface area contributed by atoms with Gasteiger partial charge in [0, 0.05) is 29.0 Å². The van der Waals surface area contributed by atoms with Crippen molar-refractivity contribution in [3.05, 3.63) is 42.0 Å². The number of para-hydroxylation sites is 1. The smallest absolute Gasteiger partial charge is 0.0812 e. The van der Waals surface area contributed by atoms with Crippen molar-refractivity contribution in [3.8, 4) is 11.1 Å². The first kappa shape index (κ1) is 14.2. The van der Waals surface area contributed by atoms with Gasteiger partial charge in [-0.15, -0.1) is 0 Å². The number of rotatable bonds is 4. The molecular formula is C15H19N3O2. The van der Waals surface area contributed by atoms with Gasteiger partial charge in [0.15, 0.2) is 0 Å². The molecule has 2 aromatic carbocycles. The van der Waals surface area contributed by atoms with Crippen molar-refractivity contribution >= 4 is 17.1 Å². The van der Waals surface area contributed by atoms with E-state index in [0.717, 1.165) is 16.7 Å². The topological polar surface area (TPSA) is 119 Å². The molecule has 0 saturated carbocycles. The summed E-state index contributed by atoms with van der Waals surface area (Å²) in [6, 6.07) is 10.8. The van der Waals surface area contributed by atoms with Crippen LogP contribution in [0.15, 0.2) is 36.4 Å². The summed E-state index contributed by atoms with van der Waals surface area (Å²) in [5.74, 6) is 0. The van der Waals surface area contributed by atoms with Gasteiger partial charge in [-0.25, -0.2) is 0 Å². The predicted molar refractivity (Wildman–Crippen MR) is 81.9 cm³/mol. The molecule has 0 aromatic heterocycles. The number of aliphatic hydroxyl groups excluding tert-OH is 2. The summed E-state index contributed by atoms with van der Waals surface area (Å²) < 4.78 is 0. The Morgan fingerprint density at radius 3 is 2.30 bits per heavy atom. The average Bonchev–Trinajstić information content (AvgIpc) is 2.42. The lowest BCUT2D eigenvalue weighted by molar-refractivity contribution is 0.0957. The van der Waals surface area contributed by atoms with Crippen molar-refractivity contribution in [1.82, 2.24) is 0 Å². The predicted octanol–water partition coefficient (Wildman–Crippen LogP) is 0.996. The Morgan fingerprint density at radius 1 is 0.950 bits per heavy atom. The number of anilines is 3. The molecule has 0 aliphatic carbocycles. The van der Waals surface area contributed by atoms with Crippen LogP contribution in [0.3, 0.4) is 0 Å². The van der Waals surface area contributed by atoms with E-state index in [1.54, 1.807) is 18.2 Å². The number of hydrogen-bond donors (Lipinski definition) is 5. The quantitative estimate of drug-likeness (QED) is 0.532. The maximum atomic E-state index is 9.68. The van der Waals surface area contributed by atoms with Crippen LogP contribution >= 0.6 is 0 Å². The summed E-state index contributed by atoms with van der Waals surface area (Å²) in [5.41, 5.74) is 21.8. The van der Waals surface area contributed by atoms with Crippen molar-refractivity contribution in [2.45, 2.75) is 12.5 Å². The van der Waals surface area contributed by atoms with Crippen LogP contribution in [0.5, 0.6) is 0 Å². The van der Waals surface area contributed by atoms with Crippen LogP contribution in [0.1, 0.15) is 5.56 Å². The second-order valence-electron chi connectivity index (χ2n) is 4.76. The van der Waals surface area contributed by atoms with Crippen LogP contribution in [-0.4, -0.2) is 22.9 Å². The van der Waals surface area contributed by atoms with Crippen LogP contribution in [-0.2, 0) is 6.42 Å². The zero-order valence-corrected chi connectivity index (χ0v) is 11.1. The van der Waals surface area contributed by atoms with Crippen LogP contribution in [0.4, 0.5) is 17.1 Å². The number of nitrogens with two attached hydrogens (primary N) is 3. The van der Waals surface area contributed by atoms with E-state index < -0.39 is 6.10 Å². The van der Waals surface area contributed by atoms with Gasteiger partial charge in [-0.2, -0.15) is 0 Å². The molecule has 0 radical (unpaired) electrons. The van der Waals surface area contributed by atoms with Gasteiger partial charge in [0.1, 0.15) is 0 Å². The summed E-state index contributed by atoms with van der Waals surface area (Å²) >= 11 is 0. The fourth-order valence-electron chi connectivity index (χ4n) is 2.23. The van der Waals surface area contributed by atoms with Crippen molar-refractivity contribution in [3.63, 3.8) is 0 Å². The lowest BCUT2D eigenvalue weighted by Crippen LogP contribution is -2.17. The molecule has 0 aliphatic rings. The van der Waals surface area contributed by atoms with E-state index in [2.05, 4.69) is 0 Å². The summed E-state index contributed by atoms with van der Waals surface area (Å²) in [6.07, 6.45) is -0.628. The highest BCUT2D eigenvalue weighted by Gasteiger charge is 2.15. The van der Waals surface area contributed by atoms with E-state index in [9.17, 15) is 5.11 Å². The van der Waals surface area contributed by atoms with Gasteiger partial charge in [-0.1, -0.05) is 18.2 Å². The maximum absolute atomic E-state index is 9.68. The molecule has 2 aromatic rings. The summed E-state index contributed by atoms with van der Waals surface area (Å²) in [4.78, 5) is 0. The van der Waals surface area contributed by atoms with E-state index in [1.807, 2.05) is 18.2 Å². The second-order valence-corrected chi connectivity index (χ2v) is 4.76. The van der Waals surface area contributed by atoms with Crippen LogP contribution in [0.2, 0.25) is 0 Å².